The number of aliphatic hydroxyl groups is 2. The van der Waals surface area contributed by atoms with Crippen molar-refractivity contribution in [3.63, 3.8) is 0 Å². The molecule has 2 aromatic heterocycles. The van der Waals surface area contributed by atoms with Crippen molar-refractivity contribution in [2.24, 2.45) is 0 Å². The van der Waals surface area contributed by atoms with Crippen LogP contribution >= 0.6 is 11.3 Å². The number of aromatic nitrogens is 1. The number of hydrogen-bond acceptors (Lipinski definition) is 6. The van der Waals surface area contributed by atoms with Crippen LogP contribution in [0.15, 0.2) is 22.8 Å². The summed E-state index contributed by atoms with van der Waals surface area (Å²) in [4.78, 5) is 17.2. The van der Waals surface area contributed by atoms with E-state index in [4.69, 9.17) is 4.42 Å². The molecule has 0 saturated carbocycles. The maximum Gasteiger partial charge on any atom is 0.271 e. The number of nitrogens with one attached hydrogen (secondary N) is 1. The van der Waals surface area contributed by atoms with Crippen LogP contribution in [0.25, 0.3) is 10.8 Å². The van der Waals surface area contributed by atoms with Crippen molar-refractivity contribution >= 4 is 17.2 Å². The van der Waals surface area contributed by atoms with Gasteiger partial charge in [0.1, 0.15) is 5.69 Å². The van der Waals surface area contributed by atoms with Crippen molar-refractivity contribution in [2.45, 2.75) is 19.4 Å². The molecule has 0 fully saturated rings. The van der Waals surface area contributed by atoms with Gasteiger partial charge >= 0.3 is 0 Å². The Bertz CT molecular complexity index is 588. The molecule has 0 aliphatic heterocycles. The molecule has 0 radical (unpaired) electrons. The van der Waals surface area contributed by atoms with Crippen LogP contribution in [-0.2, 0) is 0 Å². The third-order valence-electron chi connectivity index (χ3n) is 2.86. The number of carbonyl (C=O) groups is 1. The molecule has 20 heavy (non-hydrogen) atoms. The first-order valence-corrected chi connectivity index (χ1v) is 6.86. The molecule has 0 unspecified atom stereocenters. The van der Waals surface area contributed by atoms with Crippen molar-refractivity contribution < 1.29 is 19.4 Å². The summed E-state index contributed by atoms with van der Waals surface area (Å²) in [5.41, 5.74) is -0.799. The molecule has 0 aromatic carbocycles. The lowest BCUT2D eigenvalue weighted by molar-refractivity contribution is 0.0719. The van der Waals surface area contributed by atoms with Gasteiger partial charge in [0.2, 0.25) is 0 Å². The second-order valence-corrected chi connectivity index (χ2v) is 5.94. The predicted molar refractivity (Wildman–Crippen MR) is 74.6 cm³/mol. The minimum atomic E-state index is -1.07. The Labute approximate surface area is 120 Å². The van der Waals surface area contributed by atoms with Crippen LogP contribution in [-0.4, -0.2) is 39.9 Å². The van der Waals surface area contributed by atoms with E-state index in [9.17, 15) is 15.0 Å². The first-order valence-electron chi connectivity index (χ1n) is 6.04. The number of aliphatic hydroxyl groups excluding tert-OH is 2. The van der Waals surface area contributed by atoms with Crippen molar-refractivity contribution in [3.05, 3.63) is 29.0 Å². The molecule has 0 bridgehead atoms. The summed E-state index contributed by atoms with van der Waals surface area (Å²) >= 11 is 1.35. The van der Waals surface area contributed by atoms with E-state index in [1.165, 1.54) is 11.3 Å². The highest BCUT2D eigenvalue weighted by atomic mass is 32.1. The van der Waals surface area contributed by atoms with Crippen LogP contribution in [0, 0.1) is 6.92 Å². The molecular weight excluding hydrogens is 280 g/mol. The van der Waals surface area contributed by atoms with Crippen LogP contribution in [0.5, 0.6) is 0 Å². The van der Waals surface area contributed by atoms with Gasteiger partial charge in [-0.3, -0.25) is 4.79 Å². The summed E-state index contributed by atoms with van der Waals surface area (Å²) in [7, 11) is 0. The Hall–Kier alpha value is -1.70. The number of hydrogen-bond donors (Lipinski definition) is 3. The first kappa shape index (κ1) is 14.7. The van der Waals surface area contributed by atoms with E-state index in [1.807, 2.05) is 0 Å². The minimum Gasteiger partial charge on any atom is -0.462 e. The molecule has 1 amide bonds. The smallest absolute Gasteiger partial charge is 0.271 e. The highest BCUT2D eigenvalue weighted by Crippen LogP contribution is 2.28. The van der Waals surface area contributed by atoms with Gasteiger partial charge < -0.3 is 19.9 Å². The van der Waals surface area contributed by atoms with Gasteiger partial charge in [-0.05, 0) is 26.0 Å². The van der Waals surface area contributed by atoms with Gasteiger partial charge in [0.25, 0.3) is 5.91 Å². The number of rotatable bonds is 5. The molecule has 2 aromatic rings. The molecule has 0 atom stereocenters. The summed E-state index contributed by atoms with van der Waals surface area (Å²) in [5, 5.41) is 21.6. The molecule has 0 aliphatic rings. The van der Waals surface area contributed by atoms with Crippen LogP contribution < -0.4 is 5.32 Å². The quantitative estimate of drug-likeness (QED) is 0.770. The van der Waals surface area contributed by atoms with Crippen molar-refractivity contribution in [3.8, 4) is 10.8 Å². The Morgan fingerprint density at radius 2 is 2.20 bits per heavy atom. The van der Waals surface area contributed by atoms with Gasteiger partial charge in [0.05, 0.1) is 25.0 Å². The summed E-state index contributed by atoms with van der Waals surface area (Å²) < 4.78 is 5.25. The second-order valence-electron chi connectivity index (χ2n) is 4.73. The van der Waals surface area contributed by atoms with Crippen LogP contribution in [0.1, 0.15) is 22.3 Å². The standard InChI is InChI=1S/C13H16N2O4S/c1-8-10(11(18)15-13(2,6-16)7-17)14-12(20-8)9-4-3-5-19-9/h3-5,16-17H,6-7H2,1-2H3,(H,15,18). The van der Waals surface area contributed by atoms with Gasteiger partial charge in [-0.15, -0.1) is 11.3 Å². The van der Waals surface area contributed by atoms with Gasteiger partial charge in [0, 0.05) is 4.88 Å². The molecule has 108 valence electrons. The Morgan fingerprint density at radius 3 is 2.75 bits per heavy atom. The van der Waals surface area contributed by atoms with E-state index in [-0.39, 0.29) is 18.9 Å². The molecular formula is C13H16N2O4S. The fourth-order valence-electron chi connectivity index (χ4n) is 1.58. The van der Waals surface area contributed by atoms with Crippen LogP contribution in [0.2, 0.25) is 0 Å². The Balaban J connectivity index is 2.23. The third-order valence-corrected chi connectivity index (χ3v) is 3.84. The van der Waals surface area contributed by atoms with Gasteiger partial charge in [-0.1, -0.05) is 0 Å². The average molecular weight is 296 g/mol. The van der Waals surface area contributed by atoms with E-state index >= 15 is 0 Å². The van der Waals surface area contributed by atoms with Gasteiger partial charge in [0.15, 0.2) is 10.8 Å². The van der Waals surface area contributed by atoms with E-state index in [2.05, 4.69) is 10.3 Å². The number of aryl methyl sites for hydroxylation is 1. The van der Waals surface area contributed by atoms with Crippen LogP contribution in [0.4, 0.5) is 0 Å². The minimum absolute atomic E-state index is 0.273. The van der Waals surface area contributed by atoms with E-state index in [1.54, 1.807) is 32.2 Å². The zero-order chi connectivity index (χ0) is 14.8. The highest BCUT2D eigenvalue weighted by molar-refractivity contribution is 7.15. The lowest BCUT2D eigenvalue weighted by Gasteiger charge is -2.25. The molecule has 0 spiro atoms. The Morgan fingerprint density at radius 1 is 1.50 bits per heavy atom. The molecule has 3 N–H and O–H groups in total. The van der Waals surface area contributed by atoms with E-state index in [0.29, 0.717) is 10.8 Å². The second kappa shape index (κ2) is 5.74. The average Bonchev–Trinajstić information content (AvgIpc) is 3.07. The monoisotopic (exact) mass is 296 g/mol. The molecule has 0 aliphatic carbocycles. The lowest BCUT2D eigenvalue weighted by Crippen LogP contribution is -2.51. The van der Waals surface area contributed by atoms with E-state index in [0.717, 1.165) is 4.88 Å². The lowest BCUT2D eigenvalue weighted by atomic mass is 10.1. The summed E-state index contributed by atoms with van der Waals surface area (Å²) in [6.07, 6.45) is 1.54. The summed E-state index contributed by atoms with van der Waals surface area (Å²) in [6, 6.07) is 3.52. The fraction of sp³-hybridized carbons (Fsp3) is 0.385. The van der Waals surface area contributed by atoms with Crippen molar-refractivity contribution in [1.29, 1.82) is 0 Å². The van der Waals surface area contributed by atoms with Crippen LogP contribution in [0.3, 0.4) is 0 Å². The fourth-order valence-corrected chi connectivity index (χ4v) is 2.45. The largest absolute Gasteiger partial charge is 0.462 e. The number of carbonyl (C=O) groups excluding carboxylic acids is 1. The molecule has 7 heteroatoms. The number of nitrogens with zero attached hydrogens (tertiary/aromatic N) is 1. The topological polar surface area (TPSA) is 95.6 Å². The third kappa shape index (κ3) is 2.90. The molecule has 2 heterocycles. The van der Waals surface area contributed by atoms with Crippen molar-refractivity contribution in [2.75, 3.05) is 13.2 Å². The summed E-state index contributed by atoms with van der Waals surface area (Å²) in [5.74, 6) is 0.173. The number of amides is 1. The molecule has 2 rings (SSSR count). The first-order chi connectivity index (χ1) is 9.49. The van der Waals surface area contributed by atoms with Crippen molar-refractivity contribution in [1.82, 2.24) is 10.3 Å². The molecule has 0 saturated heterocycles. The Kier molecular flexibility index (Phi) is 4.22. The highest BCUT2D eigenvalue weighted by Gasteiger charge is 2.27. The maximum atomic E-state index is 12.2. The van der Waals surface area contributed by atoms with Gasteiger partial charge in [-0.2, -0.15) is 0 Å². The number of furan rings is 1. The molecule has 6 nitrogen and oxygen atoms in total. The number of thiazole rings is 1. The zero-order valence-corrected chi connectivity index (χ0v) is 12.0. The maximum absolute atomic E-state index is 12.2. The zero-order valence-electron chi connectivity index (χ0n) is 11.2. The van der Waals surface area contributed by atoms with E-state index < -0.39 is 11.4 Å². The summed E-state index contributed by atoms with van der Waals surface area (Å²) in [6.45, 7) is 2.63. The predicted octanol–water partition coefficient (Wildman–Crippen LogP) is 1.18. The van der Waals surface area contributed by atoms with Gasteiger partial charge in [-0.25, -0.2) is 4.98 Å². The normalized spacial score (nSPS) is 11.6. The SMILES string of the molecule is Cc1sc(-c2ccco2)nc1C(=O)NC(C)(CO)CO.